The summed E-state index contributed by atoms with van der Waals surface area (Å²) in [6, 6.07) is 14.8. The van der Waals surface area contributed by atoms with Crippen LogP contribution in [0.25, 0.3) is 11.5 Å². The van der Waals surface area contributed by atoms with Crippen molar-refractivity contribution in [1.29, 1.82) is 10.5 Å². The highest BCUT2D eigenvalue weighted by atomic mass is 35.5. The number of nitrogens with zero attached hydrogens (tertiary/aromatic N) is 4. The normalized spacial score (nSPS) is 9.61. The third kappa shape index (κ3) is 5.33. The van der Waals surface area contributed by atoms with Crippen molar-refractivity contribution in [3.63, 3.8) is 0 Å². The summed E-state index contributed by atoms with van der Waals surface area (Å²) in [6.45, 7) is 5.08. The van der Waals surface area contributed by atoms with Crippen LogP contribution in [0.3, 0.4) is 0 Å². The summed E-state index contributed by atoms with van der Waals surface area (Å²) in [7, 11) is 0. The molecule has 1 aromatic heterocycles. The number of rotatable bonds is 5. The Bertz CT molecular complexity index is 970. The SMILES string of the molecule is CCCNc1ccc(C#N)c(Cl)c1CC.N#Cc1ccc(-c2nnco2)cc1. The van der Waals surface area contributed by atoms with Gasteiger partial charge in [-0.25, -0.2) is 0 Å². The minimum absolute atomic E-state index is 0.462. The summed E-state index contributed by atoms with van der Waals surface area (Å²) in [5.41, 5.74) is 4.06. The quantitative estimate of drug-likeness (QED) is 0.639. The fourth-order valence-electron chi connectivity index (χ4n) is 2.46. The lowest BCUT2D eigenvalue weighted by Crippen LogP contribution is -2.03. The molecule has 0 aliphatic rings. The lowest BCUT2D eigenvalue weighted by atomic mass is 10.1. The molecule has 28 heavy (non-hydrogen) atoms. The van der Waals surface area contributed by atoms with Gasteiger partial charge in [0.15, 0.2) is 0 Å². The van der Waals surface area contributed by atoms with E-state index in [1.54, 1.807) is 30.3 Å². The summed E-state index contributed by atoms with van der Waals surface area (Å²) in [5, 5.41) is 28.6. The van der Waals surface area contributed by atoms with Crippen molar-refractivity contribution in [2.24, 2.45) is 0 Å². The molecule has 142 valence electrons. The third-order valence-electron chi connectivity index (χ3n) is 3.90. The largest absolute Gasteiger partial charge is 0.423 e. The van der Waals surface area contributed by atoms with Crippen molar-refractivity contribution in [3.8, 4) is 23.6 Å². The molecule has 6 nitrogen and oxygen atoms in total. The van der Waals surface area contributed by atoms with Gasteiger partial charge in [-0.15, -0.1) is 10.2 Å². The maximum atomic E-state index is 8.85. The smallest absolute Gasteiger partial charge is 0.247 e. The molecule has 0 unspecified atom stereocenters. The van der Waals surface area contributed by atoms with Gasteiger partial charge in [-0.1, -0.05) is 25.4 Å². The molecule has 7 heteroatoms. The Hall–Kier alpha value is -3.35. The molecule has 0 saturated heterocycles. The molecule has 0 atom stereocenters. The Morgan fingerprint density at radius 3 is 2.36 bits per heavy atom. The second-order valence-corrected chi connectivity index (χ2v) is 6.16. The van der Waals surface area contributed by atoms with Gasteiger partial charge in [0.25, 0.3) is 0 Å². The number of anilines is 1. The fraction of sp³-hybridized carbons (Fsp3) is 0.238. The predicted molar refractivity (Wildman–Crippen MR) is 109 cm³/mol. The van der Waals surface area contributed by atoms with Gasteiger partial charge in [-0.05, 0) is 54.8 Å². The van der Waals surface area contributed by atoms with Crippen LogP contribution in [0.2, 0.25) is 5.02 Å². The van der Waals surface area contributed by atoms with E-state index in [0.717, 1.165) is 36.2 Å². The molecule has 1 heterocycles. The van der Waals surface area contributed by atoms with Crippen LogP contribution in [0, 0.1) is 22.7 Å². The number of nitriles is 2. The lowest BCUT2D eigenvalue weighted by Gasteiger charge is -2.12. The van der Waals surface area contributed by atoms with E-state index in [1.165, 1.54) is 6.39 Å². The average molecular weight is 394 g/mol. The number of benzene rings is 2. The lowest BCUT2D eigenvalue weighted by molar-refractivity contribution is 0.568. The van der Waals surface area contributed by atoms with Crippen molar-refractivity contribution in [1.82, 2.24) is 10.2 Å². The van der Waals surface area contributed by atoms with Crippen LogP contribution in [0.15, 0.2) is 47.2 Å². The summed E-state index contributed by atoms with van der Waals surface area (Å²) in [5.74, 6) is 0.462. The maximum absolute atomic E-state index is 8.85. The zero-order chi connectivity index (χ0) is 20.4. The molecule has 0 amide bonds. The molecule has 1 N–H and O–H groups in total. The molecule has 0 aliphatic heterocycles. The molecule has 0 saturated carbocycles. The first-order chi connectivity index (χ1) is 13.6. The van der Waals surface area contributed by atoms with Crippen LogP contribution in [0.5, 0.6) is 0 Å². The van der Waals surface area contributed by atoms with Crippen molar-refractivity contribution >= 4 is 17.3 Å². The highest BCUT2D eigenvalue weighted by molar-refractivity contribution is 6.32. The molecule has 0 spiro atoms. The Morgan fingerprint density at radius 2 is 1.82 bits per heavy atom. The number of halogens is 1. The molecule has 3 aromatic rings. The van der Waals surface area contributed by atoms with E-state index in [1.807, 2.05) is 19.1 Å². The zero-order valence-corrected chi connectivity index (χ0v) is 16.5. The first kappa shape index (κ1) is 21.0. The molecular weight excluding hydrogens is 374 g/mol. The van der Waals surface area contributed by atoms with Crippen LogP contribution in [0.1, 0.15) is 37.0 Å². The van der Waals surface area contributed by atoms with E-state index in [9.17, 15) is 0 Å². The van der Waals surface area contributed by atoms with Gasteiger partial charge in [-0.3, -0.25) is 0 Å². The standard InChI is InChI=1S/C12H15ClN2.C9H5N3O/c1-3-7-15-11-6-5-9(8-14)12(13)10(11)4-2;10-5-7-1-3-8(4-2-7)9-12-11-6-13-9/h5-6,15H,3-4,7H2,1-2H3;1-4,6H. The zero-order valence-electron chi connectivity index (χ0n) is 15.7. The molecule has 3 rings (SSSR count). The molecule has 2 aromatic carbocycles. The Balaban J connectivity index is 0.000000202. The monoisotopic (exact) mass is 393 g/mol. The van der Waals surface area contributed by atoms with Crippen molar-refractivity contribution in [2.75, 3.05) is 11.9 Å². The summed E-state index contributed by atoms with van der Waals surface area (Å²) in [4.78, 5) is 0. The minimum Gasteiger partial charge on any atom is -0.423 e. The van der Waals surface area contributed by atoms with Crippen molar-refractivity contribution in [2.45, 2.75) is 26.7 Å². The van der Waals surface area contributed by atoms with Crippen LogP contribution in [-0.2, 0) is 6.42 Å². The molecule has 0 radical (unpaired) electrons. The second-order valence-electron chi connectivity index (χ2n) is 5.78. The average Bonchev–Trinajstić information content (AvgIpc) is 3.28. The van der Waals surface area contributed by atoms with E-state index in [2.05, 4.69) is 28.5 Å². The van der Waals surface area contributed by atoms with Gasteiger partial charge in [0.1, 0.15) is 6.07 Å². The van der Waals surface area contributed by atoms with E-state index in [-0.39, 0.29) is 0 Å². The van der Waals surface area contributed by atoms with Crippen LogP contribution in [0.4, 0.5) is 5.69 Å². The third-order valence-corrected chi connectivity index (χ3v) is 4.34. The van der Waals surface area contributed by atoms with Gasteiger partial charge in [0.05, 0.1) is 22.2 Å². The van der Waals surface area contributed by atoms with Crippen molar-refractivity contribution < 1.29 is 4.42 Å². The van der Waals surface area contributed by atoms with E-state index < -0.39 is 0 Å². The summed E-state index contributed by atoms with van der Waals surface area (Å²) < 4.78 is 4.99. The number of hydrogen-bond acceptors (Lipinski definition) is 6. The Morgan fingerprint density at radius 1 is 1.07 bits per heavy atom. The fourth-order valence-corrected chi connectivity index (χ4v) is 2.81. The van der Waals surface area contributed by atoms with E-state index in [0.29, 0.717) is 22.0 Å². The Kier molecular flexibility index (Phi) is 8.02. The van der Waals surface area contributed by atoms with Gasteiger partial charge in [-0.2, -0.15) is 10.5 Å². The van der Waals surface area contributed by atoms with Gasteiger partial charge < -0.3 is 9.73 Å². The summed E-state index contributed by atoms with van der Waals surface area (Å²) >= 11 is 6.13. The predicted octanol–water partition coefficient (Wildman–Crippen LogP) is 5.20. The number of hydrogen-bond donors (Lipinski definition) is 1. The van der Waals surface area contributed by atoms with Gasteiger partial charge in [0, 0.05) is 17.8 Å². The number of aromatic nitrogens is 2. The van der Waals surface area contributed by atoms with Crippen LogP contribution < -0.4 is 5.32 Å². The molecule has 0 aliphatic carbocycles. The number of nitrogens with one attached hydrogen (secondary N) is 1. The van der Waals surface area contributed by atoms with E-state index >= 15 is 0 Å². The molecule has 0 bridgehead atoms. The first-order valence-corrected chi connectivity index (χ1v) is 9.24. The Labute approximate surface area is 169 Å². The first-order valence-electron chi connectivity index (χ1n) is 8.86. The summed E-state index contributed by atoms with van der Waals surface area (Å²) in [6.07, 6.45) is 3.18. The highest BCUT2D eigenvalue weighted by Crippen LogP contribution is 2.28. The topological polar surface area (TPSA) is 98.5 Å². The van der Waals surface area contributed by atoms with Gasteiger partial charge in [0.2, 0.25) is 12.3 Å². The molecule has 0 fully saturated rings. The van der Waals surface area contributed by atoms with E-state index in [4.69, 9.17) is 26.5 Å². The maximum Gasteiger partial charge on any atom is 0.247 e. The second kappa shape index (κ2) is 10.7. The van der Waals surface area contributed by atoms with Crippen molar-refractivity contribution in [3.05, 3.63) is 64.5 Å². The van der Waals surface area contributed by atoms with Gasteiger partial charge >= 0.3 is 0 Å². The highest BCUT2D eigenvalue weighted by Gasteiger charge is 2.09. The van der Waals surface area contributed by atoms with Crippen LogP contribution >= 0.6 is 11.6 Å². The minimum atomic E-state index is 0.462. The van der Waals surface area contributed by atoms with Crippen LogP contribution in [-0.4, -0.2) is 16.7 Å². The molecular formula is C21H20ClN5O.